The molecule has 0 aliphatic heterocycles. The minimum absolute atomic E-state index is 0.142. The van der Waals surface area contributed by atoms with Crippen molar-refractivity contribution in [3.05, 3.63) is 34.7 Å². The smallest absolute Gasteiger partial charge is 0.133 e. The number of rotatable bonds is 3. The number of nitrogen functional groups attached to an aromatic ring is 2. The van der Waals surface area contributed by atoms with Crippen LogP contribution in [0.3, 0.4) is 0 Å². The van der Waals surface area contributed by atoms with Gasteiger partial charge in [-0.2, -0.15) is 0 Å². The molecule has 3 aromatic rings. The average molecular weight is 339 g/mol. The van der Waals surface area contributed by atoms with Gasteiger partial charge in [0.2, 0.25) is 0 Å². The monoisotopic (exact) mass is 339 g/mol. The molecule has 0 amide bonds. The van der Waals surface area contributed by atoms with Crippen molar-refractivity contribution in [1.82, 2.24) is 4.98 Å². The van der Waals surface area contributed by atoms with Crippen LogP contribution in [0.2, 0.25) is 0 Å². The van der Waals surface area contributed by atoms with Crippen molar-refractivity contribution in [3.8, 4) is 0 Å². The van der Waals surface area contributed by atoms with E-state index < -0.39 is 0 Å². The van der Waals surface area contributed by atoms with Gasteiger partial charge in [-0.15, -0.1) is 4.91 Å². The summed E-state index contributed by atoms with van der Waals surface area (Å²) in [5.74, 6) is 5.70. The first-order chi connectivity index (χ1) is 12.1. The third-order valence-electron chi connectivity index (χ3n) is 5.45. The van der Waals surface area contributed by atoms with E-state index in [2.05, 4.69) is 22.3 Å². The predicted molar refractivity (Wildman–Crippen MR) is 100 cm³/mol. The number of fused-ring (bicyclic) bond motifs is 3. The quantitative estimate of drug-likeness (QED) is 0.327. The maximum absolute atomic E-state index is 10.9. The molecule has 0 unspecified atom stereocenters. The normalized spacial score (nSPS) is 21.0. The van der Waals surface area contributed by atoms with E-state index in [1.807, 2.05) is 6.07 Å². The second kappa shape index (κ2) is 6.02. The summed E-state index contributed by atoms with van der Waals surface area (Å²) in [7, 11) is 0. The first kappa shape index (κ1) is 15.9. The lowest BCUT2D eigenvalue weighted by molar-refractivity contribution is 0.0241. The summed E-state index contributed by atoms with van der Waals surface area (Å²) < 4.78 is 0. The fraction of sp³-hybridized carbons (Fsp3) is 0.333. The summed E-state index contributed by atoms with van der Waals surface area (Å²) in [6.07, 6.45) is 4.01. The van der Waals surface area contributed by atoms with E-state index >= 15 is 0 Å². The lowest BCUT2D eigenvalue weighted by atomic mass is 9.82. The second-order valence-electron chi connectivity index (χ2n) is 6.74. The number of nitrogens with two attached hydrogens (primary N) is 3. The first-order valence-electron chi connectivity index (χ1n) is 8.45. The molecular weight excluding hydrogens is 318 g/mol. The van der Waals surface area contributed by atoms with Gasteiger partial charge in [0.1, 0.15) is 5.69 Å². The number of benzene rings is 2. The molecule has 0 saturated heterocycles. The maximum Gasteiger partial charge on any atom is 0.133 e. The molecule has 1 heterocycles. The predicted octanol–water partition coefficient (Wildman–Crippen LogP) is 3.80. The number of hydrogen-bond donors (Lipinski definition) is 4. The Morgan fingerprint density at radius 3 is 2.24 bits per heavy atom. The highest BCUT2D eigenvalue weighted by Crippen LogP contribution is 2.42. The standard InChI is InChI=1S/C18H21N5O2/c19-15-11(9-1-3-10(25-21)4-2-9)5-6-12-13-7-8-14(23-24)16(20)18(13)22-17(12)15/h5-10,22H,1-4,19-21H2. The van der Waals surface area contributed by atoms with Gasteiger partial charge in [0, 0.05) is 10.8 Å². The van der Waals surface area contributed by atoms with Crippen molar-refractivity contribution < 1.29 is 4.84 Å². The molecule has 7 nitrogen and oxygen atoms in total. The van der Waals surface area contributed by atoms with Gasteiger partial charge in [0.05, 0.1) is 28.5 Å². The van der Waals surface area contributed by atoms with Crippen LogP contribution in [-0.4, -0.2) is 11.1 Å². The molecule has 0 bridgehead atoms. The Labute approximate surface area is 144 Å². The number of hydrogen-bond acceptors (Lipinski definition) is 6. The molecule has 1 aromatic heterocycles. The molecule has 7 N–H and O–H groups in total. The zero-order valence-corrected chi connectivity index (χ0v) is 13.8. The lowest BCUT2D eigenvalue weighted by Crippen LogP contribution is -2.23. The van der Waals surface area contributed by atoms with Crippen LogP contribution in [0.15, 0.2) is 29.4 Å². The Morgan fingerprint density at radius 1 is 0.960 bits per heavy atom. The van der Waals surface area contributed by atoms with Gasteiger partial charge < -0.3 is 21.3 Å². The minimum Gasteiger partial charge on any atom is -0.397 e. The van der Waals surface area contributed by atoms with Gasteiger partial charge in [-0.1, -0.05) is 12.1 Å². The SMILES string of the molecule is NOC1CCC(c2ccc3c([nH]c4c(N)c(N=O)ccc43)c2N)CC1. The van der Waals surface area contributed by atoms with E-state index in [0.29, 0.717) is 17.1 Å². The van der Waals surface area contributed by atoms with Gasteiger partial charge >= 0.3 is 0 Å². The summed E-state index contributed by atoms with van der Waals surface area (Å²) >= 11 is 0. The van der Waals surface area contributed by atoms with Gasteiger partial charge in [-0.25, -0.2) is 5.90 Å². The van der Waals surface area contributed by atoms with E-state index in [1.54, 1.807) is 6.07 Å². The van der Waals surface area contributed by atoms with Crippen molar-refractivity contribution in [1.29, 1.82) is 0 Å². The van der Waals surface area contributed by atoms with Crippen LogP contribution in [0.25, 0.3) is 21.8 Å². The topological polar surface area (TPSA) is 133 Å². The lowest BCUT2D eigenvalue weighted by Gasteiger charge is -2.28. The zero-order chi connectivity index (χ0) is 17.6. The van der Waals surface area contributed by atoms with Crippen LogP contribution in [-0.2, 0) is 4.84 Å². The Bertz CT molecular complexity index is 957. The summed E-state index contributed by atoms with van der Waals surface area (Å²) in [5, 5.41) is 4.91. The number of nitrogens with one attached hydrogen (secondary N) is 1. The molecule has 7 heteroatoms. The highest BCUT2D eigenvalue weighted by atomic mass is 16.6. The Balaban J connectivity index is 1.81. The molecule has 0 radical (unpaired) electrons. The first-order valence-corrected chi connectivity index (χ1v) is 8.45. The van der Waals surface area contributed by atoms with Crippen LogP contribution in [0.5, 0.6) is 0 Å². The van der Waals surface area contributed by atoms with Gasteiger partial charge in [0.15, 0.2) is 0 Å². The highest BCUT2D eigenvalue weighted by molar-refractivity contribution is 6.15. The van der Waals surface area contributed by atoms with Crippen LogP contribution in [0.4, 0.5) is 17.1 Å². The van der Waals surface area contributed by atoms with E-state index in [9.17, 15) is 4.91 Å². The molecule has 130 valence electrons. The molecule has 2 aromatic carbocycles. The Morgan fingerprint density at radius 2 is 1.60 bits per heavy atom. The third kappa shape index (κ3) is 2.43. The number of aromatic nitrogens is 1. The van der Waals surface area contributed by atoms with Gasteiger partial charge in [0.25, 0.3) is 0 Å². The zero-order valence-electron chi connectivity index (χ0n) is 13.8. The minimum atomic E-state index is 0.142. The molecule has 25 heavy (non-hydrogen) atoms. The van der Waals surface area contributed by atoms with Crippen molar-refractivity contribution in [3.63, 3.8) is 0 Å². The number of nitroso groups, excluding NO2 is 1. The Hall–Kier alpha value is -2.64. The average Bonchev–Trinajstić information content (AvgIpc) is 3.03. The highest BCUT2D eigenvalue weighted by Gasteiger charge is 2.25. The molecule has 1 saturated carbocycles. The van der Waals surface area contributed by atoms with Crippen molar-refractivity contribution >= 4 is 38.9 Å². The molecule has 0 spiro atoms. The third-order valence-corrected chi connectivity index (χ3v) is 5.45. The van der Waals surface area contributed by atoms with Crippen LogP contribution >= 0.6 is 0 Å². The van der Waals surface area contributed by atoms with Gasteiger partial charge in [-0.3, -0.25) is 0 Å². The van der Waals surface area contributed by atoms with E-state index in [1.165, 1.54) is 0 Å². The van der Waals surface area contributed by atoms with E-state index in [-0.39, 0.29) is 11.8 Å². The van der Waals surface area contributed by atoms with Gasteiger partial charge in [-0.05, 0) is 54.5 Å². The summed E-state index contributed by atoms with van der Waals surface area (Å²) in [4.78, 5) is 19.1. The number of anilines is 2. The number of aromatic amines is 1. The van der Waals surface area contributed by atoms with Crippen LogP contribution in [0, 0.1) is 4.91 Å². The second-order valence-corrected chi connectivity index (χ2v) is 6.74. The fourth-order valence-electron chi connectivity index (χ4n) is 4.03. The summed E-state index contributed by atoms with van der Waals surface area (Å²) in [5.41, 5.74) is 16.6. The molecule has 1 aliphatic rings. The molecule has 1 aliphatic carbocycles. The molecule has 4 rings (SSSR count). The van der Waals surface area contributed by atoms with E-state index in [4.69, 9.17) is 22.2 Å². The number of H-pyrrole nitrogens is 1. The van der Waals surface area contributed by atoms with Crippen LogP contribution in [0.1, 0.15) is 37.2 Å². The van der Waals surface area contributed by atoms with Crippen LogP contribution < -0.4 is 17.4 Å². The van der Waals surface area contributed by atoms with Crippen molar-refractivity contribution in [2.75, 3.05) is 11.5 Å². The Kier molecular flexibility index (Phi) is 3.82. The largest absolute Gasteiger partial charge is 0.397 e. The fourth-order valence-corrected chi connectivity index (χ4v) is 4.03. The maximum atomic E-state index is 10.9. The molecular formula is C18H21N5O2. The van der Waals surface area contributed by atoms with Crippen molar-refractivity contribution in [2.45, 2.75) is 37.7 Å². The summed E-state index contributed by atoms with van der Waals surface area (Å²) in [6.45, 7) is 0. The molecule has 0 atom stereocenters. The molecule has 1 fully saturated rings. The van der Waals surface area contributed by atoms with Crippen molar-refractivity contribution in [2.24, 2.45) is 11.1 Å². The number of nitrogens with zero attached hydrogens (tertiary/aromatic N) is 1. The van der Waals surface area contributed by atoms with E-state index in [0.717, 1.165) is 53.2 Å². The summed E-state index contributed by atoms with van der Waals surface area (Å²) in [6, 6.07) is 7.65.